The topological polar surface area (TPSA) is 0 Å². The van der Waals surface area contributed by atoms with Crippen molar-refractivity contribution in [2.24, 2.45) is 0 Å². The third-order valence-corrected chi connectivity index (χ3v) is 1.98. The Bertz CT molecular complexity index is 526. The van der Waals surface area contributed by atoms with Gasteiger partial charge in [-0.1, -0.05) is 73.9 Å². The molecule has 0 aromatic heterocycles. The Labute approximate surface area is 138 Å². The maximum absolute atomic E-state index is 10.4. The molecule has 0 spiro atoms. The molecule has 3 heteroatoms. The molecule has 0 unspecified atom stereocenters. The Morgan fingerprint density at radius 1 is 0.783 bits per heavy atom. The normalized spacial score (nSPS) is 8.52. The fourth-order valence-electron chi connectivity index (χ4n) is 1.20. The lowest BCUT2D eigenvalue weighted by molar-refractivity contribution is -0.110. The lowest BCUT2D eigenvalue weighted by Crippen LogP contribution is -1.95. The van der Waals surface area contributed by atoms with Crippen LogP contribution < -0.4 is 0 Å². The Kier molecular flexibility index (Phi) is 14.8. The van der Waals surface area contributed by atoms with E-state index in [2.05, 4.69) is 30.9 Å². The van der Waals surface area contributed by atoms with Crippen LogP contribution in [0.5, 0.6) is 0 Å². The molecule has 0 nitrogen and oxygen atoms in total. The van der Waals surface area contributed by atoms with Gasteiger partial charge in [0, 0.05) is 12.5 Å². The van der Waals surface area contributed by atoms with Crippen LogP contribution in [-0.2, 0) is 0 Å². The fraction of sp³-hybridized carbons (Fsp3) is 0.300. The molecule has 23 heavy (non-hydrogen) atoms. The summed E-state index contributed by atoms with van der Waals surface area (Å²) in [6.07, 6.45) is -4.00. The van der Waals surface area contributed by atoms with Crippen LogP contribution in [0.1, 0.15) is 38.8 Å². The van der Waals surface area contributed by atoms with E-state index in [1.54, 1.807) is 0 Å². The number of rotatable bonds is 0. The standard InChI is InChI=1S/C9H8.C7H8.C2H3F3.C2H6/c1-2-6-9-7-4-3-5-8-9;1-7-5-3-2-4-6-7;1-2(3,4)5;1-2/h3-5,7-8H,1H3;2-6H,1H3;1H3;1-2H3. The molecule has 0 N–H and O–H groups in total. The highest BCUT2D eigenvalue weighted by Gasteiger charge is 2.15. The summed E-state index contributed by atoms with van der Waals surface area (Å²) in [6.45, 7) is 8.11. The van der Waals surface area contributed by atoms with Gasteiger partial charge >= 0.3 is 6.18 Å². The predicted molar refractivity (Wildman–Crippen MR) is 93.3 cm³/mol. The van der Waals surface area contributed by atoms with Crippen molar-refractivity contribution in [1.82, 2.24) is 0 Å². The second-order valence-corrected chi connectivity index (χ2v) is 4.18. The molecule has 2 rings (SSSR count). The minimum absolute atomic E-state index is 0.188. The quantitative estimate of drug-likeness (QED) is 0.476. The number of hydrogen-bond acceptors (Lipinski definition) is 0. The van der Waals surface area contributed by atoms with Crippen LogP contribution in [0.15, 0.2) is 60.7 Å². The van der Waals surface area contributed by atoms with Crippen molar-refractivity contribution >= 4 is 0 Å². The summed E-state index contributed by atoms with van der Waals surface area (Å²) in [4.78, 5) is 0. The highest BCUT2D eigenvalue weighted by Crippen LogP contribution is 2.10. The smallest absolute Gasteiger partial charge is 0.172 e. The van der Waals surface area contributed by atoms with Gasteiger partial charge in [0.05, 0.1) is 0 Å². The van der Waals surface area contributed by atoms with Gasteiger partial charge < -0.3 is 0 Å². The second kappa shape index (κ2) is 14.7. The van der Waals surface area contributed by atoms with Crippen LogP contribution in [0.25, 0.3) is 0 Å². The Morgan fingerprint density at radius 3 is 1.39 bits per heavy atom. The van der Waals surface area contributed by atoms with Crippen molar-refractivity contribution in [3.63, 3.8) is 0 Å². The van der Waals surface area contributed by atoms with Crippen LogP contribution in [0.3, 0.4) is 0 Å². The molecule has 0 aliphatic heterocycles. The molecule has 0 aliphatic carbocycles. The summed E-state index contributed by atoms with van der Waals surface area (Å²) in [6, 6.07) is 20.2. The van der Waals surface area contributed by atoms with Crippen molar-refractivity contribution in [1.29, 1.82) is 0 Å². The zero-order chi connectivity index (χ0) is 18.1. The Balaban J connectivity index is 0. The zero-order valence-electron chi connectivity index (χ0n) is 14.4. The lowest BCUT2D eigenvalue weighted by Gasteiger charge is -1.88. The average molecular weight is 322 g/mol. The van der Waals surface area contributed by atoms with E-state index in [0.29, 0.717) is 0 Å². The van der Waals surface area contributed by atoms with E-state index in [4.69, 9.17) is 0 Å². The summed E-state index contributed by atoms with van der Waals surface area (Å²) in [5, 5.41) is 0. The monoisotopic (exact) mass is 322 g/mol. The van der Waals surface area contributed by atoms with E-state index >= 15 is 0 Å². The highest BCUT2D eigenvalue weighted by molar-refractivity contribution is 5.32. The molecule has 0 saturated heterocycles. The Hall–Kier alpha value is -2.21. The summed E-state index contributed by atoms with van der Waals surface area (Å²) in [5.41, 5.74) is 2.41. The van der Waals surface area contributed by atoms with E-state index in [-0.39, 0.29) is 6.92 Å². The number of hydrogen-bond donors (Lipinski definition) is 0. The number of benzene rings is 2. The summed E-state index contributed by atoms with van der Waals surface area (Å²) < 4.78 is 31.1. The van der Waals surface area contributed by atoms with Crippen LogP contribution in [0.2, 0.25) is 0 Å². The average Bonchev–Trinajstić information content (AvgIpc) is 2.50. The molecule has 0 saturated carbocycles. The summed E-state index contributed by atoms with van der Waals surface area (Å²) in [7, 11) is 0. The van der Waals surface area contributed by atoms with Gasteiger partial charge in [0.25, 0.3) is 0 Å². The minimum atomic E-state index is -4.00. The first-order valence-corrected chi connectivity index (χ1v) is 7.39. The van der Waals surface area contributed by atoms with Gasteiger partial charge in [-0.2, -0.15) is 13.2 Å². The van der Waals surface area contributed by atoms with Gasteiger partial charge in [-0.05, 0) is 26.0 Å². The third kappa shape index (κ3) is 22.2. The molecule has 2 aromatic rings. The van der Waals surface area contributed by atoms with Crippen molar-refractivity contribution < 1.29 is 13.2 Å². The largest absolute Gasteiger partial charge is 0.386 e. The molecule has 126 valence electrons. The van der Waals surface area contributed by atoms with Gasteiger partial charge in [-0.3, -0.25) is 0 Å². The second-order valence-electron chi connectivity index (χ2n) is 4.18. The van der Waals surface area contributed by atoms with Gasteiger partial charge in [-0.25, -0.2) is 0 Å². The van der Waals surface area contributed by atoms with Crippen molar-refractivity contribution in [2.45, 2.75) is 40.8 Å². The number of alkyl halides is 3. The van der Waals surface area contributed by atoms with Gasteiger partial charge in [0.1, 0.15) is 0 Å². The summed E-state index contributed by atoms with van der Waals surface area (Å²) >= 11 is 0. The maximum atomic E-state index is 10.4. The SMILES string of the molecule is CC.CC#Cc1ccccc1.CC(F)(F)F.Cc1ccccc1. The summed E-state index contributed by atoms with van der Waals surface area (Å²) in [5.74, 6) is 5.79. The number of aryl methyl sites for hydroxylation is 1. The van der Waals surface area contributed by atoms with E-state index in [9.17, 15) is 13.2 Å². The van der Waals surface area contributed by atoms with Gasteiger partial charge in [-0.15, -0.1) is 5.92 Å². The van der Waals surface area contributed by atoms with E-state index in [1.807, 2.05) is 69.3 Å². The van der Waals surface area contributed by atoms with Crippen molar-refractivity contribution in [3.05, 3.63) is 71.8 Å². The van der Waals surface area contributed by atoms with E-state index < -0.39 is 6.18 Å². The predicted octanol–water partition coefficient (Wildman–Crippen LogP) is 6.65. The zero-order valence-corrected chi connectivity index (χ0v) is 14.4. The van der Waals surface area contributed by atoms with Crippen LogP contribution in [0, 0.1) is 18.8 Å². The molecule has 2 aromatic carbocycles. The van der Waals surface area contributed by atoms with Crippen LogP contribution in [-0.4, -0.2) is 6.18 Å². The molecule has 0 fully saturated rings. The molecule has 0 radical (unpaired) electrons. The molecule has 0 amide bonds. The Morgan fingerprint density at radius 2 is 1.13 bits per heavy atom. The molecule has 0 atom stereocenters. The molecule has 0 aliphatic rings. The van der Waals surface area contributed by atoms with E-state index in [1.165, 1.54) is 5.56 Å². The van der Waals surface area contributed by atoms with E-state index in [0.717, 1.165) is 5.56 Å². The fourth-order valence-corrected chi connectivity index (χ4v) is 1.20. The first-order valence-electron chi connectivity index (χ1n) is 7.39. The molecular weight excluding hydrogens is 297 g/mol. The molecule has 0 heterocycles. The first kappa shape index (κ1) is 23.1. The molecular formula is C20H25F3. The van der Waals surface area contributed by atoms with Gasteiger partial charge in [0.15, 0.2) is 0 Å². The third-order valence-electron chi connectivity index (χ3n) is 1.98. The van der Waals surface area contributed by atoms with Crippen molar-refractivity contribution in [2.75, 3.05) is 0 Å². The minimum Gasteiger partial charge on any atom is -0.172 e. The number of halogens is 3. The maximum Gasteiger partial charge on any atom is 0.386 e. The van der Waals surface area contributed by atoms with Crippen molar-refractivity contribution in [3.8, 4) is 11.8 Å². The van der Waals surface area contributed by atoms with Gasteiger partial charge in [0.2, 0.25) is 0 Å². The van der Waals surface area contributed by atoms with Crippen LogP contribution in [0.4, 0.5) is 13.2 Å². The van der Waals surface area contributed by atoms with Crippen LogP contribution >= 0.6 is 0 Å². The highest BCUT2D eigenvalue weighted by atomic mass is 19.4. The lowest BCUT2D eigenvalue weighted by atomic mass is 10.2. The first-order chi connectivity index (χ1) is 10.8. The molecule has 0 bridgehead atoms.